The zero-order valence-electron chi connectivity index (χ0n) is 13.3. The summed E-state index contributed by atoms with van der Waals surface area (Å²) in [6, 6.07) is 0.938. The fourth-order valence-electron chi connectivity index (χ4n) is 3.33. The molecule has 0 saturated carbocycles. The minimum Gasteiger partial charge on any atom is -0.394 e. The Balaban J connectivity index is 1.62. The highest BCUT2D eigenvalue weighted by molar-refractivity contribution is 5.64. The number of morpholine rings is 1. The van der Waals surface area contributed by atoms with Crippen molar-refractivity contribution in [2.24, 2.45) is 0 Å². The molecule has 0 radical (unpaired) electrons. The van der Waals surface area contributed by atoms with Gasteiger partial charge in [0.2, 0.25) is 0 Å². The first-order valence-corrected chi connectivity index (χ1v) is 8.00. The van der Waals surface area contributed by atoms with Gasteiger partial charge in [0.25, 0.3) is 0 Å². The van der Waals surface area contributed by atoms with Crippen LogP contribution < -0.4 is 11.1 Å². The molecule has 21 heavy (non-hydrogen) atoms. The number of ether oxygens (including phenoxy) is 1. The summed E-state index contributed by atoms with van der Waals surface area (Å²) in [6.45, 7) is 10.1. The predicted octanol–water partition coefficient (Wildman–Crippen LogP) is 1.63. The third kappa shape index (κ3) is 2.87. The summed E-state index contributed by atoms with van der Waals surface area (Å²) in [6.07, 6.45) is 2.82. The first-order valence-electron chi connectivity index (χ1n) is 8.00. The number of aryl methyl sites for hydroxylation is 1. The van der Waals surface area contributed by atoms with Crippen LogP contribution in [0.3, 0.4) is 0 Å². The van der Waals surface area contributed by atoms with Crippen molar-refractivity contribution in [2.75, 3.05) is 37.3 Å². The van der Waals surface area contributed by atoms with Gasteiger partial charge in [-0.05, 0) is 40.2 Å². The molecule has 6 nitrogen and oxygen atoms in total. The number of fused-ring (bicyclic) bond motifs is 1. The minimum absolute atomic E-state index is 0.231. The van der Waals surface area contributed by atoms with Gasteiger partial charge in [-0.15, -0.1) is 0 Å². The molecule has 3 rings (SSSR count). The predicted molar refractivity (Wildman–Crippen MR) is 84.6 cm³/mol. The van der Waals surface area contributed by atoms with Gasteiger partial charge in [0.05, 0.1) is 24.1 Å². The molecule has 0 bridgehead atoms. The van der Waals surface area contributed by atoms with E-state index in [-0.39, 0.29) is 6.10 Å². The molecule has 2 fully saturated rings. The molecule has 1 aromatic rings. The van der Waals surface area contributed by atoms with E-state index in [0.29, 0.717) is 12.1 Å². The lowest BCUT2D eigenvalue weighted by Gasteiger charge is -2.35. The molecule has 2 aliphatic rings. The van der Waals surface area contributed by atoms with E-state index in [9.17, 15) is 0 Å². The molecular weight excluding hydrogens is 266 g/mol. The molecule has 6 heteroatoms. The van der Waals surface area contributed by atoms with Crippen molar-refractivity contribution in [1.29, 1.82) is 0 Å². The molecule has 0 amide bonds. The van der Waals surface area contributed by atoms with Crippen LogP contribution >= 0.6 is 0 Å². The monoisotopic (exact) mass is 293 g/mol. The van der Waals surface area contributed by atoms with E-state index >= 15 is 0 Å². The average molecular weight is 293 g/mol. The van der Waals surface area contributed by atoms with Crippen LogP contribution in [0.2, 0.25) is 0 Å². The molecule has 0 spiro atoms. The van der Waals surface area contributed by atoms with Gasteiger partial charge in [-0.25, -0.2) is 4.68 Å². The molecule has 1 aromatic heterocycles. The molecule has 2 atom stereocenters. The zero-order valence-corrected chi connectivity index (χ0v) is 13.3. The van der Waals surface area contributed by atoms with E-state index in [2.05, 4.69) is 29.2 Å². The Labute approximate surface area is 126 Å². The fraction of sp³-hybridized carbons (Fsp3) is 0.800. The van der Waals surface area contributed by atoms with Gasteiger partial charge in [-0.3, -0.25) is 4.90 Å². The maximum atomic E-state index is 6.15. The number of nitrogens with one attached hydrogen (secondary N) is 1. The molecule has 2 saturated heterocycles. The van der Waals surface area contributed by atoms with Crippen LogP contribution in [-0.2, 0) is 4.74 Å². The van der Waals surface area contributed by atoms with E-state index in [1.54, 1.807) is 0 Å². The fourth-order valence-corrected chi connectivity index (χ4v) is 3.33. The lowest BCUT2D eigenvalue weighted by atomic mass is 10.2. The molecule has 0 aromatic carbocycles. The van der Waals surface area contributed by atoms with Gasteiger partial charge in [0.15, 0.2) is 0 Å². The van der Waals surface area contributed by atoms with E-state index < -0.39 is 0 Å². The standard InChI is InChI=1S/C15H27N5O/c1-10(2)20-15(14(16)11(3)18-20)17-7-13-8-19-6-4-5-12(19)9-21-13/h10,12-13,17H,4-9,16H2,1-3H3. The highest BCUT2D eigenvalue weighted by Crippen LogP contribution is 2.27. The summed E-state index contributed by atoms with van der Waals surface area (Å²) in [5, 5.41) is 7.96. The van der Waals surface area contributed by atoms with Gasteiger partial charge in [0, 0.05) is 25.2 Å². The van der Waals surface area contributed by atoms with Crippen LogP contribution in [-0.4, -0.2) is 53.1 Å². The number of anilines is 2. The SMILES string of the molecule is Cc1nn(C(C)C)c(NCC2CN3CCCC3CO2)c1N. The van der Waals surface area contributed by atoms with Crippen molar-refractivity contribution in [3.05, 3.63) is 5.69 Å². The lowest BCUT2D eigenvalue weighted by molar-refractivity contribution is -0.0416. The van der Waals surface area contributed by atoms with Crippen LogP contribution in [0.5, 0.6) is 0 Å². The third-order valence-electron chi connectivity index (χ3n) is 4.58. The zero-order chi connectivity index (χ0) is 15.0. The van der Waals surface area contributed by atoms with Gasteiger partial charge in [-0.2, -0.15) is 5.10 Å². The number of hydrogen-bond acceptors (Lipinski definition) is 5. The van der Waals surface area contributed by atoms with Crippen molar-refractivity contribution in [2.45, 2.75) is 51.8 Å². The number of nitrogens with zero attached hydrogens (tertiary/aromatic N) is 3. The van der Waals surface area contributed by atoms with Crippen LogP contribution in [0, 0.1) is 6.92 Å². The largest absolute Gasteiger partial charge is 0.394 e. The molecule has 118 valence electrons. The van der Waals surface area contributed by atoms with Crippen molar-refractivity contribution >= 4 is 11.5 Å². The van der Waals surface area contributed by atoms with Crippen LogP contribution in [0.1, 0.15) is 38.4 Å². The number of nitrogens with two attached hydrogens (primary N) is 1. The second kappa shape index (κ2) is 5.85. The lowest BCUT2D eigenvalue weighted by Crippen LogP contribution is -2.48. The third-order valence-corrected chi connectivity index (χ3v) is 4.58. The number of hydrogen-bond donors (Lipinski definition) is 2. The summed E-state index contributed by atoms with van der Waals surface area (Å²) in [5.74, 6) is 0.926. The minimum atomic E-state index is 0.231. The van der Waals surface area contributed by atoms with Crippen LogP contribution in [0.25, 0.3) is 0 Å². The molecule has 3 heterocycles. The summed E-state index contributed by atoms with van der Waals surface area (Å²) >= 11 is 0. The first kappa shape index (κ1) is 14.7. The summed E-state index contributed by atoms with van der Waals surface area (Å²) in [5.41, 5.74) is 7.78. The molecule has 2 aliphatic heterocycles. The van der Waals surface area contributed by atoms with Crippen molar-refractivity contribution < 1.29 is 4.74 Å². The first-order chi connectivity index (χ1) is 10.1. The Bertz CT molecular complexity index is 498. The Morgan fingerprint density at radius 1 is 1.48 bits per heavy atom. The number of aromatic nitrogens is 2. The van der Waals surface area contributed by atoms with Gasteiger partial charge >= 0.3 is 0 Å². The highest BCUT2D eigenvalue weighted by atomic mass is 16.5. The van der Waals surface area contributed by atoms with E-state index in [0.717, 1.165) is 36.9 Å². The quantitative estimate of drug-likeness (QED) is 0.883. The smallest absolute Gasteiger partial charge is 0.148 e. The van der Waals surface area contributed by atoms with Gasteiger partial charge < -0.3 is 15.8 Å². The second-order valence-electron chi connectivity index (χ2n) is 6.51. The van der Waals surface area contributed by atoms with Gasteiger partial charge in [0.1, 0.15) is 5.82 Å². The van der Waals surface area contributed by atoms with Crippen molar-refractivity contribution in [3.63, 3.8) is 0 Å². The normalized spacial score (nSPS) is 26.3. The van der Waals surface area contributed by atoms with Crippen molar-refractivity contribution in [1.82, 2.24) is 14.7 Å². The van der Waals surface area contributed by atoms with Crippen LogP contribution in [0.4, 0.5) is 11.5 Å². The molecule has 0 aliphatic carbocycles. The highest BCUT2D eigenvalue weighted by Gasteiger charge is 2.32. The Kier molecular flexibility index (Phi) is 4.08. The number of nitrogen functional groups attached to an aromatic ring is 1. The van der Waals surface area contributed by atoms with E-state index in [1.807, 2.05) is 11.6 Å². The summed E-state index contributed by atoms with van der Waals surface area (Å²) in [7, 11) is 0. The Hall–Kier alpha value is -1.27. The Morgan fingerprint density at radius 2 is 2.29 bits per heavy atom. The maximum Gasteiger partial charge on any atom is 0.148 e. The summed E-state index contributed by atoms with van der Waals surface area (Å²) < 4.78 is 7.95. The molecular formula is C15H27N5O. The van der Waals surface area contributed by atoms with Gasteiger partial charge in [-0.1, -0.05) is 0 Å². The van der Waals surface area contributed by atoms with E-state index in [1.165, 1.54) is 19.4 Å². The Morgan fingerprint density at radius 3 is 3.05 bits per heavy atom. The average Bonchev–Trinajstić information content (AvgIpc) is 3.02. The van der Waals surface area contributed by atoms with E-state index in [4.69, 9.17) is 10.5 Å². The summed E-state index contributed by atoms with van der Waals surface area (Å²) in [4.78, 5) is 2.56. The topological polar surface area (TPSA) is 68.3 Å². The second-order valence-corrected chi connectivity index (χ2v) is 6.51. The number of rotatable bonds is 4. The maximum absolute atomic E-state index is 6.15. The van der Waals surface area contributed by atoms with Crippen LogP contribution in [0.15, 0.2) is 0 Å². The molecule has 2 unspecified atom stereocenters. The molecule has 3 N–H and O–H groups in total. The van der Waals surface area contributed by atoms with Crippen molar-refractivity contribution in [3.8, 4) is 0 Å².